The van der Waals surface area contributed by atoms with Gasteiger partial charge in [0, 0.05) is 5.69 Å². The normalized spacial score (nSPS) is 10.2. The van der Waals surface area contributed by atoms with Crippen molar-refractivity contribution in [1.29, 1.82) is 0 Å². The number of anilines is 1. The Balaban J connectivity index is 2.30. The molecule has 0 radical (unpaired) electrons. The third kappa shape index (κ3) is 2.62. The second-order valence-corrected chi connectivity index (χ2v) is 4.04. The highest BCUT2D eigenvalue weighted by atomic mass is 35.5. The van der Waals surface area contributed by atoms with Crippen LogP contribution >= 0.6 is 11.6 Å². The molecule has 2 aromatic rings. The van der Waals surface area contributed by atoms with E-state index in [1.165, 1.54) is 13.3 Å². The minimum absolute atomic E-state index is 0.196. The van der Waals surface area contributed by atoms with Gasteiger partial charge in [0.05, 0.1) is 13.3 Å². The first-order chi connectivity index (χ1) is 8.60. The molecule has 0 aliphatic carbocycles. The average Bonchev–Trinajstić information content (AvgIpc) is 2.36. The van der Waals surface area contributed by atoms with Crippen LogP contribution in [-0.2, 0) is 0 Å². The number of aromatic nitrogens is 2. The fraction of sp³-hybridized carbons (Fsp3) is 0.167. The molecule has 1 aromatic carbocycles. The van der Waals surface area contributed by atoms with Gasteiger partial charge in [-0.15, -0.1) is 0 Å². The molecule has 0 bridgehead atoms. The van der Waals surface area contributed by atoms with E-state index in [4.69, 9.17) is 26.8 Å². The van der Waals surface area contributed by atoms with E-state index in [1.807, 2.05) is 6.92 Å². The van der Waals surface area contributed by atoms with Crippen LogP contribution in [-0.4, -0.2) is 17.1 Å². The minimum Gasteiger partial charge on any atom is -0.467 e. The molecule has 94 valence electrons. The van der Waals surface area contributed by atoms with Crippen LogP contribution in [0.2, 0.25) is 5.02 Å². The number of benzene rings is 1. The zero-order chi connectivity index (χ0) is 13.1. The van der Waals surface area contributed by atoms with Gasteiger partial charge in [-0.2, -0.15) is 4.98 Å². The van der Waals surface area contributed by atoms with E-state index >= 15 is 0 Å². The first-order valence-corrected chi connectivity index (χ1v) is 5.58. The third-order valence-corrected chi connectivity index (χ3v) is 2.59. The lowest BCUT2D eigenvalue weighted by Crippen LogP contribution is -1.96. The number of methoxy groups -OCH3 is 1. The van der Waals surface area contributed by atoms with E-state index in [2.05, 4.69) is 9.97 Å². The van der Waals surface area contributed by atoms with Crippen molar-refractivity contribution >= 4 is 17.3 Å². The number of hydrogen-bond donors (Lipinski definition) is 1. The summed E-state index contributed by atoms with van der Waals surface area (Å²) in [6.07, 6.45) is 1.42. The number of ether oxygens (including phenoxy) is 2. The minimum atomic E-state index is 0.196. The van der Waals surface area contributed by atoms with E-state index in [1.54, 1.807) is 18.2 Å². The van der Waals surface area contributed by atoms with Crippen LogP contribution in [0.15, 0.2) is 24.4 Å². The molecule has 0 spiro atoms. The molecular formula is C12H12ClN3O2. The van der Waals surface area contributed by atoms with Gasteiger partial charge in [0.15, 0.2) is 0 Å². The van der Waals surface area contributed by atoms with Gasteiger partial charge in [-0.25, -0.2) is 4.98 Å². The Hall–Kier alpha value is -2.01. The smallest absolute Gasteiger partial charge is 0.319 e. The largest absolute Gasteiger partial charge is 0.467 e. The zero-order valence-electron chi connectivity index (χ0n) is 9.98. The van der Waals surface area contributed by atoms with Crippen molar-refractivity contribution in [2.24, 2.45) is 0 Å². The van der Waals surface area contributed by atoms with Crippen molar-refractivity contribution in [1.82, 2.24) is 9.97 Å². The number of halogens is 1. The molecule has 0 amide bonds. The SMILES string of the molecule is COc1ncc(Cl)c(Oc2ccc(N)c(C)c2)n1. The monoisotopic (exact) mass is 265 g/mol. The summed E-state index contributed by atoms with van der Waals surface area (Å²) in [7, 11) is 1.47. The number of nitrogens with zero attached hydrogens (tertiary/aromatic N) is 2. The Morgan fingerprint density at radius 1 is 1.33 bits per heavy atom. The topological polar surface area (TPSA) is 70.3 Å². The van der Waals surface area contributed by atoms with Gasteiger partial charge < -0.3 is 15.2 Å². The molecule has 0 saturated heterocycles. The lowest BCUT2D eigenvalue weighted by atomic mass is 10.2. The summed E-state index contributed by atoms with van der Waals surface area (Å²) >= 11 is 5.94. The highest BCUT2D eigenvalue weighted by molar-refractivity contribution is 6.31. The fourth-order valence-electron chi connectivity index (χ4n) is 1.33. The summed E-state index contributed by atoms with van der Waals surface area (Å²) in [5.74, 6) is 0.844. The van der Waals surface area contributed by atoms with Crippen LogP contribution in [0.4, 0.5) is 5.69 Å². The third-order valence-electron chi connectivity index (χ3n) is 2.33. The highest BCUT2D eigenvalue weighted by Crippen LogP contribution is 2.29. The molecule has 0 unspecified atom stereocenters. The van der Waals surface area contributed by atoms with Gasteiger partial charge in [0.2, 0.25) is 5.88 Å². The molecule has 0 aliphatic heterocycles. The lowest BCUT2D eigenvalue weighted by molar-refractivity contribution is 0.366. The maximum absolute atomic E-state index is 5.94. The summed E-state index contributed by atoms with van der Waals surface area (Å²) in [6.45, 7) is 1.89. The summed E-state index contributed by atoms with van der Waals surface area (Å²) in [5, 5.41) is 0.310. The molecule has 0 atom stereocenters. The number of aryl methyl sites for hydroxylation is 1. The van der Waals surface area contributed by atoms with E-state index in [0.29, 0.717) is 16.5 Å². The fourth-order valence-corrected chi connectivity index (χ4v) is 1.46. The number of nitrogen functional groups attached to an aromatic ring is 1. The van der Waals surface area contributed by atoms with E-state index < -0.39 is 0 Å². The second kappa shape index (κ2) is 5.10. The first-order valence-electron chi connectivity index (χ1n) is 5.20. The standard InChI is InChI=1S/C12H12ClN3O2/c1-7-5-8(3-4-10(7)14)18-11-9(13)6-15-12(16-11)17-2/h3-6H,14H2,1-2H3. The number of nitrogens with two attached hydrogens (primary N) is 1. The first kappa shape index (κ1) is 12.4. The predicted molar refractivity (Wildman–Crippen MR) is 69.3 cm³/mol. The zero-order valence-corrected chi connectivity index (χ0v) is 10.7. The Bertz CT molecular complexity index is 575. The Morgan fingerprint density at radius 3 is 2.78 bits per heavy atom. The molecule has 0 fully saturated rings. The molecule has 2 rings (SSSR count). The maximum atomic E-state index is 5.94. The summed E-state index contributed by atoms with van der Waals surface area (Å²) in [5.41, 5.74) is 7.35. The van der Waals surface area contributed by atoms with Crippen LogP contribution in [0.5, 0.6) is 17.6 Å². The molecule has 6 heteroatoms. The van der Waals surface area contributed by atoms with Gasteiger partial charge >= 0.3 is 6.01 Å². The van der Waals surface area contributed by atoms with Crippen molar-refractivity contribution in [3.63, 3.8) is 0 Å². The van der Waals surface area contributed by atoms with Gasteiger partial charge in [0.1, 0.15) is 10.8 Å². The Labute approximate surface area is 110 Å². The number of hydrogen-bond acceptors (Lipinski definition) is 5. The Kier molecular flexibility index (Phi) is 3.53. The Morgan fingerprint density at radius 2 is 2.11 bits per heavy atom. The van der Waals surface area contributed by atoms with Crippen LogP contribution in [0.3, 0.4) is 0 Å². The van der Waals surface area contributed by atoms with E-state index in [0.717, 1.165) is 5.56 Å². The van der Waals surface area contributed by atoms with Gasteiger partial charge in [-0.1, -0.05) is 11.6 Å². The average molecular weight is 266 g/mol. The molecule has 18 heavy (non-hydrogen) atoms. The van der Waals surface area contributed by atoms with Crippen molar-refractivity contribution in [3.05, 3.63) is 35.0 Å². The second-order valence-electron chi connectivity index (χ2n) is 3.63. The van der Waals surface area contributed by atoms with Gasteiger partial charge in [-0.05, 0) is 30.7 Å². The highest BCUT2D eigenvalue weighted by Gasteiger charge is 2.08. The predicted octanol–water partition coefficient (Wildman–Crippen LogP) is 2.82. The maximum Gasteiger partial charge on any atom is 0.319 e. The van der Waals surface area contributed by atoms with Crippen molar-refractivity contribution in [2.45, 2.75) is 6.92 Å². The summed E-state index contributed by atoms with van der Waals surface area (Å²) in [6, 6.07) is 5.51. The van der Waals surface area contributed by atoms with Crippen molar-refractivity contribution in [2.75, 3.05) is 12.8 Å². The molecule has 0 saturated carbocycles. The van der Waals surface area contributed by atoms with Gasteiger partial charge in [-0.3, -0.25) is 0 Å². The van der Waals surface area contributed by atoms with Crippen LogP contribution in [0.25, 0.3) is 0 Å². The summed E-state index contributed by atoms with van der Waals surface area (Å²) < 4.78 is 10.5. The van der Waals surface area contributed by atoms with Gasteiger partial charge in [0.25, 0.3) is 0 Å². The lowest BCUT2D eigenvalue weighted by Gasteiger charge is -2.08. The van der Waals surface area contributed by atoms with Crippen molar-refractivity contribution < 1.29 is 9.47 Å². The van der Waals surface area contributed by atoms with E-state index in [-0.39, 0.29) is 11.9 Å². The van der Waals surface area contributed by atoms with Crippen LogP contribution < -0.4 is 15.2 Å². The number of rotatable bonds is 3. The molecule has 5 nitrogen and oxygen atoms in total. The van der Waals surface area contributed by atoms with Crippen LogP contribution in [0.1, 0.15) is 5.56 Å². The van der Waals surface area contributed by atoms with Crippen LogP contribution in [0, 0.1) is 6.92 Å². The molecule has 2 N–H and O–H groups in total. The summed E-state index contributed by atoms with van der Waals surface area (Å²) in [4.78, 5) is 7.88. The molecule has 1 heterocycles. The van der Waals surface area contributed by atoms with Crippen molar-refractivity contribution in [3.8, 4) is 17.6 Å². The molecule has 1 aromatic heterocycles. The quantitative estimate of drug-likeness (QED) is 0.864. The molecular weight excluding hydrogens is 254 g/mol. The molecule has 0 aliphatic rings. The van der Waals surface area contributed by atoms with E-state index in [9.17, 15) is 0 Å².